The van der Waals surface area contributed by atoms with Gasteiger partial charge in [0.25, 0.3) is 0 Å². The van der Waals surface area contributed by atoms with Crippen LogP contribution in [0.3, 0.4) is 0 Å². The van der Waals surface area contributed by atoms with E-state index < -0.39 is 0 Å². The predicted octanol–water partition coefficient (Wildman–Crippen LogP) is 3.99. The minimum atomic E-state index is -0.141. The molecule has 1 heterocycles. The van der Waals surface area contributed by atoms with Gasteiger partial charge in [-0.3, -0.25) is 4.79 Å². The summed E-state index contributed by atoms with van der Waals surface area (Å²) in [6.07, 6.45) is 0. The maximum absolute atomic E-state index is 12.4. The van der Waals surface area contributed by atoms with Crippen molar-refractivity contribution in [3.63, 3.8) is 0 Å². The first-order valence-electron chi connectivity index (χ1n) is 7.48. The number of aromatic nitrogens is 3. The molecule has 4 rings (SSSR count). The third-order valence-corrected chi connectivity index (χ3v) is 4.55. The molecule has 4 aromatic rings. The lowest BCUT2D eigenvalue weighted by molar-refractivity contribution is -0.116. The Morgan fingerprint density at radius 1 is 1.00 bits per heavy atom. The first-order valence-corrected chi connectivity index (χ1v) is 8.27. The number of nitrogens with one attached hydrogen (secondary N) is 1. The summed E-state index contributed by atoms with van der Waals surface area (Å²) in [6.45, 7) is 0.116. The molecule has 0 aliphatic rings. The molecular weight excluding hydrogens is 368 g/mol. The Morgan fingerprint density at radius 3 is 2.62 bits per heavy atom. The zero-order valence-electron chi connectivity index (χ0n) is 12.6. The van der Waals surface area contributed by atoms with Crippen LogP contribution in [0.5, 0.6) is 0 Å². The van der Waals surface area contributed by atoms with Crippen LogP contribution in [0.2, 0.25) is 0 Å². The number of nitrogens with zero attached hydrogens (tertiary/aromatic N) is 3. The fourth-order valence-electron chi connectivity index (χ4n) is 2.73. The Balaban J connectivity index is 1.62. The fourth-order valence-corrected chi connectivity index (χ4v) is 3.21. The summed E-state index contributed by atoms with van der Waals surface area (Å²) in [5.74, 6) is -0.141. The molecule has 0 aliphatic heterocycles. The molecule has 3 aromatic carbocycles. The summed E-state index contributed by atoms with van der Waals surface area (Å²) < 4.78 is 2.60. The summed E-state index contributed by atoms with van der Waals surface area (Å²) in [5, 5.41) is 13.1. The van der Waals surface area contributed by atoms with E-state index in [1.54, 1.807) is 4.68 Å². The summed E-state index contributed by atoms with van der Waals surface area (Å²) in [4.78, 5) is 12.4. The largest absolute Gasteiger partial charge is 0.324 e. The molecule has 118 valence electrons. The standard InChI is InChI=1S/C18H13BrN4O/c19-14-9-10-15(13-6-2-1-5-12(13)14)20-18(24)11-23-17-8-4-3-7-16(17)21-22-23/h1-10H,11H2,(H,20,24). The summed E-state index contributed by atoms with van der Waals surface area (Å²) in [5.41, 5.74) is 2.40. The lowest BCUT2D eigenvalue weighted by Gasteiger charge is -2.10. The Kier molecular flexibility index (Phi) is 3.74. The normalized spacial score (nSPS) is 11.0. The van der Waals surface area contributed by atoms with Gasteiger partial charge in [-0.2, -0.15) is 0 Å². The minimum absolute atomic E-state index is 0.116. The highest BCUT2D eigenvalue weighted by Gasteiger charge is 2.11. The van der Waals surface area contributed by atoms with Crippen molar-refractivity contribution in [2.24, 2.45) is 0 Å². The van der Waals surface area contributed by atoms with Crippen LogP contribution in [0.4, 0.5) is 5.69 Å². The van der Waals surface area contributed by atoms with Crippen LogP contribution in [-0.2, 0) is 11.3 Å². The quantitative estimate of drug-likeness (QED) is 0.584. The molecule has 1 amide bonds. The van der Waals surface area contributed by atoms with Gasteiger partial charge in [-0.1, -0.05) is 57.5 Å². The van der Waals surface area contributed by atoms with E-state index in [1.807, 2.05) is 60.7 Å². The van der Waals surface area contributed by atoms with Gasteiger partial charge in [0.1, 0.15) is 12.1 Å². The molecular formula is C18H13BrN4O. The number of anilines is 1. The van der Waals surface area contributed by atoms with Gasteiger partial charge in [-0.15, -0.1) is 5.10 Å². The lowest BCUT2D eigenvalue weighted by Crippen LogP contribution is -2.19. The summed E-state index contributed by atoms with van der Waals surface area (Å²) in [7, 11) is 0. The van der Waals surface area contributed by atoms with Crippen molar-refractivity contribution in [3.05, 3.63) is 65.1 Å². The second kappa shape index (κ2) is 6.05. The van der Waals surface area contributed by atoms with E-state index >= 15 is 0 Å². The number of hydrogen-bond acceptors (Lipinski definition) is 3. The van der Waals surface area contributed by atoms with E-state index in [4.69, 9.17) is 0 Å². The Labute approximate surface area is 146 Å². The molecule has 0 saturated heterocycles. The van der Waals surface area contributed by atoms with Crippen LogP contribution >= 0.6 is 15.9 Å². The monoisotopic (exact) mass is 380 g/mol. The van der Waals surface area contributed by atoms with Crippen LogP contribution in [0.1, 0.15) is 0 Å². The number of benzene rings is 3. The highest BCUT2D eigenvalue weighted by atomic mass is 79.9. The van der Waals surface area contributed by atoms with Crippen molar-refractivity contribution >= 4 is 49.3 Å². The number of hydrogen-bond donors (Lipinski definition) is 1. The molecule has 24 heavy (non-hydrogen) atoms. The smallest absolute Gasteiger partial charge is 0.246 e. The van der Waals surface area contributed by atoms with Crippen LogP contribution in [0, 0.1) is 0 Å². The fraction of sp³-hybridized carbons (Fsp3) is 0.0556. The van der Waals surface area contributed by atoms with Gasteiger partial charge >= 0.3 is 0 Å². The highest BCUT2D eigenvalue weighted by molar-refractivity contribution is 9.10. The lowest BCUT2D eigenvalue weighted by atomic mass is 10.1. The van der Waals surface area contributed by atoms with Crippen LogP contribution < -0.4 is 5.32 Å². The van der Waals surface area contributed by atoms with Crippen molar-refractivity contribution in [1.29, 1.82) is 0 Å². The number of amides is 1. The molecule has 0 atom stereocenters. The molecule has 0 spiro atoms. The van der Waals surface area contributed by atoms with Crippen LogP contribution in [0.15, 0.2) is 65.1 Å². The zero-order valence-corrected chi connectivity index (χ0v) is 14.2. The van der Waals surface area contributed by atoms with E-state index in [1.165, 1.54) is 0 Å². The van der Waals surface area contributed by atoms with Crippen molar-refractivity contribution < 1.29 is 4.79 Å². The molecule has 0 saturated carbocycles. The van der Waals surface area contributed by atoms with Crippen molar-refractivity contribution in [2.45, 2.75) is 6.54 Å². The third kappa shape index (κ3) is 2.65. The Hall–Kier alpha value is -2.73. The zero-order chi connectivity index (χ0) is 16.5. The summed E-state index contributed by atoms with van der Waals surface area (Å²) >= 11 is 3.54. The molecule has 6 heteroatoms. The third-order valence-electron chi connectivity index (χ3n) is 3.86. The molecule has 1 N–H and O–H groups in total. The average molecular weight is 381 g/mol. The number of carbonyl (C=O) groups excluding carboxylic acids is 1. The topological polar surface area (TPSA) is 59.8 Å². The summed E-state index contributed by atoms with van der Waals surface area (Å²) in [6, 6.07) is 19.3. The first kappa shape index (κ1) is 14.8. The molecule has 0 radical (unpaired) electrons. The van der Waals surface area contributed by atoms with E-state index in [-0.39, 0.29) is 12.5 Å². The second-order valence-electron chi connectivity index (χ2n) is 5.42. The second-order valence-corrected chi connectivity index (χ2v) is 6.28. The molecule has 0 aliphatic carbocycles. The van der Waals surface area contributed by atoms with Crippen molar-refractivity contribution in [1.82, 2.24) is 15.0 Å². The SMILES string of the molecule is O=C(Cn1nnc2ccccc21)Nc1ccc(Br)c2ccccc12. The van der Waals surface area contributed by atoms with Crippen molar-refractivity contribution in [2.75, 3.05) is 5.32 Å². The van der Waals surface area contributed by atoms with Crippen molar-refractivity contribution in [3.8, 4) is 0 Å². The number of halogens is 1. The van der Waals surface area contributed by atoms with E-state index in [9.17, 15) is 4.79 Å². The van der Waals surface area contributed by atoms with Crippen LogP contribution in [-0.4, -0.2) is 20.9 Å². The molecule has 0 bridgehead atoms. The number of carbonyl (C=O) groups is 1. The molecule has 5 nitrogen and oxygen atoms in total. The Bertz CT molecular complexity index is 1060. The van der Waals surface area contributed by atoms with E-state index in [0.717, 1.165) is 32.0 Å². The molecule has 1 aromatic heterocycles. The Morgan fingerprint density at radius 2 is 1.75 bits per heavy atom. The average Bonchev–Trinajstić information content (AvgIpc) is 3.01. The maximum Gasteiger partial charge on any atom is 0.246 e. The minimum Gasteiger partial charge on any atom is -0.324 e. The van der Waals surface area contributed by atoms with Gasteiger partial charge in [0.15, 0.2) is 0 Å². The van der Waals surface area contributed by atoms with Crippen LogP contribution in [0.25, 0.3) is 21.8 Å². The number of fused-ring (bicyclic) bond motifs is 2. The van der Waals surface area contributed by atoms with Gasteiger partial charge in [0, 0.05) is 15.5 Å². The predicted molar refractivity (Wildman–Crippen MR) is 97.8 cm³/mol. The maximum atomic E-state index is 12.4. The van der Waals surface area contributed by atoms with Gasteiger partial charge < -0.3 is 5.32 Å². The molecule has 0 unspecified atom stereocenters. The van der Waals surface area contributed by atoms with Gasteiger partial charge in [-0.05, 0) is 29.7 Å². The first-order chi connectivity index (χ1) is 11.7. The number of para-hydroxylation sites is 1. The van der Waals surface area contributed by atoms with E-state index in [2.05, 4.69) is 31.6 Å². The van der Waals surface area contributed by atoms with Gasteiger partial charge in [0.05, 0.1) is 5.52 Å². The van der Waals surface area contributed by atoms with Gasteiger partial charge in [0.2, 0.25) is 5.91 Å². The molecule has 0 fully saturated rings. The van der Waals surface area contributed by atoms with E-state index in [0.29, 0.717) is 0 Å². The number of rotatable bonds is 3. The van der Waals surface area contributed by atoms with Gasteiger partial charge in [-0.25, -0.2) is 4.68 Å². The highest BCUT2D eigenvalue weighted by Crippen LogP contribution is 2.29.